The van der Waals surface area contributed by atoms with E-state index >= 15 is 0 Å². The van der Waals surface area contributed by atoms with E-state index in [4.69, 9.17) is 23.2 Å². The van der Waals surface area contributed by atoms with Crippen LogP contribution in [0.3, 0.4) is 0 Å². The molecule has 0 saturated heterocycles. The van der Waals surface area contributed by atoms with Crippen LogP contribution in [0.15, 0.2) is 59.6 Å². The average molecular weight is 264 g/mol. The molecule has 0 aromatic heterocycles. The summed E-state index contributed by atoms with van der Waals surface area (Å²) in [6.45, 7) is 0. The van der Waals surface area contributed by atoms with E-state index in [1.54, 1.807) is 0 Å². The molecule has 0 amide bonds. The Balaban J connectivity index is 2.40. The molecule has 2 aromatic rings. The molecular weight excluding hydrogens is 253 g/mol. The molecule has 0 aliphatic heterocycles. The van der Waals surface area contributed by atoms with E-state index in [1.165, 1.54) is 0 Å². The normalized spacial score (nSPS) is 11.5. The van der Waals surface area contributed by atoms with Crippen LogP contribution in [0.1, 0.15) is 5.56 Å². The van der Waals surface area contributed by atoms with Gasteiger partial charge in [0.05, 0.1) is 22.3 Å². The highest BCUT2D eigenvalue weighted by Gasteiger charge is 2.03. The molecule has 0 atom stereocenters. The van der Waals surface area contributed by atoms with Crippen molar-refractivity contribution in [3.05, 3.63) is 65.2 Å². The summed E-state index contributed by atoms with van der Waals surface area (Å²) < 4.78 is 0. The fourth-order valence-electron chi connectivity index (χ4n) is 1.49. The van der Waals surface area contributed by atoms with Crippen molar-refractivity contribution in [3.63, 3.8) is 0 Å². The van der Waals surface area contributed by atoms with Crippen LogP contribution in [0.2, 0.25) is 5.02 Å². The Morgan fingerprint density at radius 3 is 2.24 bits per heavy atom. The Hall–Kier alpha value is -1.31. The molecule has 0 aliphatic rings. The third-order valence-electron chi connectivity index (χ3n) is 2.34. The minimum atomic E-state index is 0.356. The second kappa shape index (κ2) is 5.85. The Labute approximate surface area is 111 Å². The topological polar surface area (TPSA) is 12.4 Å². The number of rotatable bonds is 3. The number of nitrogens with zero attached hydrogens (tertiary/aromatic N) is 1. The van der Waals surface area contributed by atoms with Gasteiger partial charge in [0.25, 0.3) is 0 Å². The maximum absolute atomic E-state index is 6.06. The fraction of sp³-hybridized carbons (Fsp3) is 0.0714. The molecular formula is C14H11Cl2N. The van der Waals surface area contributed by atoms with Gasteiger partial charge in [0.15, 0.2) is 0 Å². The fourth-order valence-corrected chi connectivity index (χ4v) is 1.88. The van der Waals surface area contributed by atoms with E-state index in [9.17, 15) is 0 Å². The van der Waals surface area contributed by atoms with Gasteiger partial charge in [-0.05, 0) is 17.7 Å². The highest BCUT2D eigenvalue weighted by Crippen LogP contribution is 2.24. The molecule has 2 aromatic carbocycles. The highest BCUT2D eigenvalue weighted by molar-refractivity contribution is 6.34. The van der Waals surface area contributed by atoms with Gasteiger partial charge in [-0.25, -0.2) is 0 Å². The summed E-state index contributed by atoms with van der Waals surface area (Å²) in [5.74, 6) is 0.356. The van der Waals surface area contributed by atoms with E-state index in [1.807, 2.05) is 54.6 Å². The van der Waals surface area contributed by atoms with Crippen molar-refractivity contribution in [2.24, 2.45) is 4.99 Å². The third-order valence-corrected chi connectivity index (χ3v) is 2.91. The zero-order valence-corrected chi connectivity index (χ0v) is 10.6. The Morgan fingerprint density at radius 1 is 0.941 bits per heavy atom. The number of hydrogen-bond acceptors (Lipinski definition) is 1. The maximum Gasteiger partial charge on any atom is 0.0819 e. The van der Waals surface area contributed by atoms with Gasteiger partial charge in [-0.2, -0.15) is 0 Å². The molecule has 3 heteroatoms. The molecule has 0 radical (unpaired) electrons. The SMILES string of the molecule is ClC/C(=N/c1ccccc1Cl)c1ccccc1. The number of aliphatic imine (C=N–C) groups is 1. The van der Waals surface area contributed by atoms with Gasteiger partial charge in [0.2, 0.25) is 0 Å². The quantitative estimate of drug-likeness (QED) is 0.562. The molecule has 17 heavy (non-hydrogen) atoms. The van der Waals surface area contributed by atoms with Crippen LogP contribution in [-0.4, -0.2) is 11.6 Å². The molecule has 0 bridgehead atoms. The van der Waals surface area contributed by atoms with Crippen LogP contribution in [0.25, 0.3) is 0 Å². The number of hydrogen-bond donors (Lipinski definition) is 0. The predicted octanol–water partition coefficient (Wildman–Crippen LogP) is 4.70. The summed E-state index contributed by atoms with van der Waals surface area (Å²) in [6.07, 6.45) is 0. The van der Waals surface area contributed by atoms with Crippen molar-refractivity contribution in [2.75, 3.05) is 5.88 Å². The summed E-state index contributed by atoms with van der Waals surface area (Å²) in [6, 6.07) is 17.3. The summed E-state index contributed by atoms with van der Waals surface area (Å²) >= 11 is 12.0. The van der Waals surface area contributed by atoms with Crippen molar-refractivity contribution in [3.8, 4) is 0 Å². The van der Waals surface area contributed by atoms with Gasteiger partial charge in [-0.15, -0.1) is 11.6 Å². The lowest BCUT2D eigenvalue weighted by molar-refractivity contribution is 1.48. The first kappa shape index (κ1) is 12.2. The Bertz CT molecular complexity index is 521. The highest BCUT2D eigenvalue weighted by atomic mass is 35.5. The molecule has 0 N–H and O–H groups in total. The molecule has 86 valence electrons. The Kier molecular flexibility index (Phi) is 4.18. The van der Waals surface area contributed by atoms with Crippen molar-refractivity contribution in [1.29, 1.82) is 0 Å². The van der Waals surface area contributed by atoms with E-state index in [-0.39, 0.29) is 0 Å². The molecule has 0 fully saturated rings. The van der Waals surface area contributed by atoms with Crippen LogP contribution in [-0.2, 0) is 0 Å². The third kappa shape index (κ3) is 3.09. The van der Waals surface area contributed by atoms with Gasteiger partial charge in [0.1, 0.15) is 0 Å². The van der Waals surface area contributed by atoms with Crippen LogP contribution >= 0.6 is 23.2 Å². The molecule has 0 heterocycles. The van der Waals surface area contributed by atoms with Gasteiger partial charge in [0, 0.05) is 0 Å². The maximum atomic E-state index is 6.06. The number of halogens is 2. The van der Waals surface area contributed by atoms with E-state index in [2.05, 4.69) is 4.99 Å². The number of alkyl halides is 1. The molecule has 2 rings (SSSR count). The van der Waals surface area contributed by atoms with E-state index < -0.39 is 0 Å². The minimum absolute atomic E-state index is 0.356. The van der Waals surface area contributed by atoms with Crippen molar-refractivity contribution < 1.29 is 0 Å². The van der Waals surface area contributed by atoms with Crippen LogP contribution < -0.4 is 0 Å². The van der Waals surface area contributed by atoms with Crippen molar-refractivity contribution >= 4 is 34.6 Å². The van der Waals surface area contributed by atoms with Crippen molar-refractivity contribution in [2.45, 2.75) is 0 Å². The zero-order valence-electron chi connectivity index (χ0n) is 9.11. The monoisotopic (exact) mass is 263 g/mol. The van der Waals surface area contributed by atoms with Gasteiger partial charge >= 0.3 is 0 Å². The lowest BCUT2D eigenvalue weighted by atomic mass is 10.1. The second-order valence-electron chi connectivity index (χ2n) is 3.51. The van der Waals surface area contributed by atoms with Crippen LogP contribution in [0, 0.1) is 0 Å². The zero-order chi connectivity index (χ0) is 12.1. The lowest BCUT2D eigenvalue weighted by Gasteiger charge is -2.04. The van der Waals surface area contributed by atoms with Crippen LogP contribution in [0.4, 0.5) is 5.69 Å². The van der Waals surface area contributed by atoms with Crippen molar-refractivity contribution in [1.82, 2.24) is 0 Å². The molecule has 0 unspecified atom stereocenters. The Morgan fingerprint density at radius 2 is 1.59 bits per heavy atom. The summed E-state index contributed by atoms with van der Waals surface area (Å²) in [7, 11) is 0. The molecule has 0 aliphatic carbocycles. The summed E-state index contributed by atoms with van der Waals surface area (Å²) in [4.78, 5) is 4.50. The first-order chi connectivity index (χ1) is 8.31. The van der Waals surface area contributed by atoms with E-state index in [0.29, 0.717) is 10.9 Å². The number of benzene rings is 2. The smallest absolute Gasteiger partial charge is 0.0819 e. The largest absolute Gasteiger partial charge is 0.250 e. The molecule has 0 saturated carbocycles. The van der Waals surface area contributed by atoms with Gasteiger partial charge < -0.3 is 0 Å². The number of para-hydroxylation sites is 1. The first-order valence-electron chi connectivity index (χ1n) is 5.25. The molecule has 1 nitrogen and oxygen atoms in total. The lowest BCUT2D eigenvalue weighted by Crippen LogP contribution is -2.01. The van der Waals surface area contributed by atoms with Gasteiger partial charge in [-0.3, -0.25) is 4.99 Å². The predicted molar refractivity (Wildman–Crippen MR) is 74.8 cm³/mol. The summed E-state index contributed by atoms with van der Waals surface area (Å²) in [5.41, 5.74) is 2.58. The van der Waals surface area contributed by atoms with Gasteiger partial charge in [-0.1, -0.05) is 54.1 Å². The minimum Gasteiger partial charge on any atom is -0.250 e. The molecule has 0 spiro atoms. The average Bonchev–Trinajstić information content (AvgIpc) is 2.39. The summed E-state index contributed by atoms with van der Waals surface area (Å²) in [5, 5.41) is 0.631. The van der Waals surface area contributed by atoms with E-state index in [0.717, 1.165) is 17.0 Å². The van der Waals surface area contributed by atoms with Crippen LogP contribution in [0.5, 0.6) is 0 Å². The first-order valence-corrected chi connectivity index (χ1v) is 6.16. The second-order valence-corrected chi connectivity index (χ2v) is 4.18. The standard InChI is InChI=1S/C14H11Cl2N/c15-10-14(11-6-2-1-3-7-11)17-13-9-5-4-8-12(13)16/h1-9H,10H2/b17-14-.